The van der Waals surface area contributed by atoms with E-state index in [2.05, 4.69) is 36.7 Å². The minimum absolute atomic E-state index is 0.00289. The van der Waals surface area contributed by atoms with Gasteiger partial charge in [-0.05, 0) is 47.3 Å². The number of pyridine rings is 1. The van der Waals surface area contributed by atoms with Gasteiger partial charge in [-0.25, -0.2) is 4.79 Å². The Kier molecular flexibility index (Phi) is 7.69. The zero-order chi connectivity index (χ0) is 27.6. The van der Waals surface area contributed by atoms with Crippen LogP contribution in [0.5, 0.6) is 0 Å². The second-order valence-corrected chi connectivity index (χ2v) is 11.0. The quantitative estimate of drug-likeness (QED) is 0.388. The molecule has 13 heteroatoms. The van der Waals surface area contributed by atoms with Crippen molar-refractivity contribution in [1.82, 2.24) is 20.5 Å². The molecule has 2 aliphatic heterocycles. The molecule has 12 nitrogen and oxygen atoms in total. The van der Waals surface area contributed by atoms with E-state index in [1.807, 2.05) is 30.3 Å². The topological polar surface area (TPSA) is 160 Å². The number of carboxylic acids is 1. The first-order valence-corrected chi connectivity index (χ1v) is 13.5. The number of halogens is 1. The molecule has 5 rings (SSSR count). The number of fused-ring (bicyclic) bond motifs is 1. The van der Waals surface area contributed by atoms with E-state index >= 15 is 0 Å². The summed E-state index contributed by atoms with van der Waals surface area (Å²) in [5, 5.41) is 19.9. The number of hydrogen-bond donors (Lipinski definition) is 3. The zero-order valence-electron chi connectivity index (χ0n) is 21.0. The Labute approximate surface area is 232 Å². The number of benzene rings is 1. The molecule has 3 N–H and O–H groups in total. The van der Waals surface area contributed by atoms with Crippen LogP contribution in [-0.4, -0.2) is 74.8 Å². The smallest absolute Gasteiger partial charge is 0.410 e. The first kappa shape index (κ1) is 26.9. The monoisotopic (exact) mass is 601 g/mol. The Morgan fingerprint density at radius 1 is 1.23 bits per heavy atom. The molecule has 1 saturated carbocycles. The lowest BCUT2D eigenvalue weighted by Gasteiger charge is -2.36. The van der Waals surface area contributed by atoms with E-state index in [1.54, 1.807) is 6.20 Å². The average Bonchev–Trinajstić information content (AvgIpc) is 3.50. The van der Waals surface area contributed by atoms with Gasteiger partial charge in [0.05, 0.1) is 12.1 Å². The fourth-order valence-corrected chi connectivity index (χ4v) is 5.49. The Morgan fingerprint density at radius 3 is 2.72 bits per heavy atom. The van der Waals surface area contributed by atoms with Crippen molar-refractivity contribution in [1.29, 1.82) is 0 Å². The number of aromatic nitrogens is 1. The van der Waals surface area contributed by atoms with Crippen molar-refractivity contribution in [2.75, 3.05) is 13.1 Å². The molecule has 1 saturated heterocycles. The number of ether oxygens (including phenoxy) is 1. The largest absolute Gasteiger partial charge is 0.480 e. The van der Waals surface area contributed by atoms with Crippen LogP contribution in [-0.2, 0) is 30.6 Å². The number of amides is 3. The van der Waals surface area contributed by atoms with Gasteiger partial charge in [0, 0.05) is 36.2 Å². The van der Waals surface area contributed by atoms with Gasteiger partial charge in [-0.2, -0.15) is 0 Å². The predicted octanol–water partition coefficient (Wildman–Crippen LogP) is 2.30. The van der Waals surface area contributed by atoms with E-state index in [0.29, 0.717) is 23.0 Å². The standard InChI is InChI=1S/C26H28BrN5O7/c27-21-10-18(39-31-21)12-29-22(33)20-9-17(30-23(34)26(24(35)36)6-3-7-26)13-32(20)25(37)38-14-15-8-16-4-1-2-5-19(16)28-11-15/h1-2,4-5,8,11,17-18,20H,3,6-7,9-10,12-14H2,(H,29,33)(H,30,34)(H,35,36)/t17-,18+,20+/m1/s1. The van der Waals surface area contributed by atoms with Gasteiger partial charge in [-0.3, -0.25) is 24.3 Å². The van der Waals surface area contributed by atoms with Crippen molar-refractivity contribution in [2.24, 2.45) is 10.6 Å². The van der Waals surface area contributed by atoms with Crippen LogP contribution in [0, 0.1) is 5.41 Å². The SMILES string of the molecule is O=C(NC[C@@H]1CC(Br)=NO1)[C@@H]1C[C@@H](NC(=O)C2(C(=O)O)CCC2)CN1C(=O)OCc1cnc2ccccc2c1. The Balaban J connectivity index is 1.25. The van der Waals surface area contributed by atoms with E-state index < -0.39 is 41.4 Å². The molecule has 2 aromatic rings. The Bertz CT molecular complexity index is 1330. The molecule has 1 aromatic carbocycles. The minimum atomic E-state index is -1.46. The highest BCUT2D eigenvalue weighted by molar-refractivity contribution is 9.18. The molecule has 0 bridgehead atoms. The van der Waals surface area contributed by atoms with E-state index in [-0.39, 0.29) is 45.1 Å². The maximum absolute atomic E-state index is 13.2. The van der Waals surface area contributed by atoms with Gasteiger partial charge in [0.2, 0.25) is 11.8 Å². The lowest BCUT2D eigenvalue weighted by atomic mass is 9.68. The molecule has 0 radical (unpaired) electrons. The average molecular weight is 602 g/mol. The van der Waals surface area contributed by atoms with Gasteiger partial charge in [-0.15, -0.1) is 0 Å². The molecule has 2 fully saturated rings. The highest BCUT2D eigenvalue weighted by Gasteiger charge is 2.52. The number of carbonyl (C=O) groups is 4. The molecular formula is C26H28BrN5O7. The van der Waals surface area contributed by atoms with Crippen molar-refractivity contribution in [3.8, 4) is 0 Å². The number of likely N-dealkylation sites (tertiary alicyclic amines) is 1. The summed E-state index contributed by atoms with van der Waals surface area (Å²) < 4.78 is 6.18. The minimum Gasteiger partial charge on any atom is -0.480 e. The second kappa shape index (κ2) is 11.2. The molecule has 3 heterocycles. The van der Waals surface area contributed by atoms with E-state index in [9.17, 15) is 24.3 Å². The van der Waals surface area contributed by atoms with Crippen molar-refractivity contribution >= 4 is 55.3 Å². The number of carbonyl (C=O) groups excluding carboxylic acids is 3. The van der Waals surface area contributed by atoms with Crippen LogP contribution in [0.4, 0.5) is 4.79 Å². The lowest BCUT2D eigenvalue weighted by molar-refractivity contribution is -0.162. The predicted molar refractivity (Wildman–Crippen MR) is 142 cm³/mol. The van der Waals surface area contributed by atoms with Crippen molar-refractivity contribution in [3.63, 3.8) is 0 Å². The lowest BCUT2D eigenvalue weighted by Crippen LogP contribution is -2.54. The highest BCUT2D eigenvalue weighted by Crippen LogP contribution is 2.41. The van der Waals surface area contributed by atoms with Gasteiger partial charge in [0.15, 0.2) is 6.10 Å². The summed E-state index contributed by atoms with van der Waals surface area (Å²) in [7, 11) is 0. The third kappa shape index (κ3) is 5.68. The summed E-state index contributed by atoms with van der Waals surface area (Å²) in [4.78, 5) is 61.8. The molecule has 1 aromatic heterocycles. The molecular weight excluding hydrogens is 574 g/mol. The molecule has 0 unspecified atom stereocenters. The van der Waals surface area contributed by atoms with Crippen LogP contribution in [0.15, 0.2) is 41.7 Å². The second-order valence-electron chi connectivity index (χ2n) is 10.1. The number of nitrogens with zero attached hydrogens (tertiary/aromatic N) is 3. The number of oxime groups is 1. The number of hydrogen-bond acceptors (Lipinski definition) is 8. The first-order chi connectivity index (χ1) is 18.7. The molecule has 3 atom stereocenters. The maximum atomic E-state index is 13.2. The fourth-order valence-electron chi connectivity index (χ4n) is 5.04. The summed E-state index contributed by atoms with van der Waals surface area (Å²) in [6.07, 6.45) is 2.36. The molecule has 1 aliphatic carbocycles. The third-order valence-electron chi connectivity index (χ3n) is 7.43. The number of rotatable bonds is 8. The van der Waals surface area contributed by atoms with Crippen LogP contribution < -0.4 is 10.6 Å². The number of carboxylic acid groups (broad SMARTS) is 1. The third-order valence-corrected chi connectivity index (χ3v) is 7.90. The van der Waals surface area contributed by atoms with Gasteiger partial charge in [0.25, 0.3) is 0 Å². The summed E-state index contributed by atoms with van der Waals surface area (Å²) >= 11 is 3.25. The van der Waals surface area contributed by atoms with Gasteiger partial charge in [-0.1, -0.05) is 29.8 Å². The molecule has 0 spiro atoms. The van der Waals surface area contributed by atoms with Gasteiger partial charge in [0.1, 0.15) is 22.7 Å². The van der Waals surface area contributed by atoms with E-state index in [0.717, 1.165) is 10.9 Å². The number of para-hydroxylation sites is 1. The number of aliphatic carboxylic acids is 1. The van der Waals surface area contributed by atoms with Gasteiger partial charge >= 0.3 is 12.1 Å². The van der Waals surface area contributed by atoms with E-state index in [1.165, 1.54) is 4.90 Å². The van der Waals surface area contributed by atoms with Gasteiger partial charge < -0.3 is 25.3 Å². The Hall–Kier alpha value is -3.74. The normalized spacial score (nSPS) is 23.4. The van der Waals surface area contributed by atoms with Crippen LogP contribution in [0.25, 0.3) is 10.9 Å². The maximum Gasteiger partial charge on any atom is 0.410 e. The highest BCUT2D eigenvalue weighted by atomic mass is 79.9. The van der Waals surface area contributed by atoms with Crippen LogP contribution >= 0.6 is 15.9 Å². The summed E-state index contributed by atoms with van der Waals surface area (Å²) in [5.74, 6) is -2.19. The van der Waals surface area contributed by atoms with Crippen molar-refractivity contribution < 1.29 is 33.9 Å². The summed E-state index contributed by atoms with van der Waals surface area (Å²) in [6.45, 7) is 0.129. The molecule has 3 aliphatic rings. The number of nitrogens with one attached hydrogen (secondary N) is 2. The Morgan fingerprint density at radius 2 is 2.03 bits per heavy atom. The first-order valence-electron chi connectivity index (χ1n) is 12.7. The van der Waals surface area contributed by atoms with Crippen molar-refractivity contribution in [2.45, 2.75) is 56.9 Å². The van der Waals surface area contributed by atoms with Crippen LogP contribution in [0.2, 0.25) is 0 Å². The van der Waals surface area contributed by atoms with Crippen LogP contribution in [0.1, 0.15) is 37.7 Å². The molecule has 3 amide bonds. The molecule has 206 valence electrons. The van der Waals surface area contributed by atoms with E-state index in [4.69, 9.17) is 9.57 Å². The fraction of sp³-hybridized carbons (Fsp3) is 0.462. The zero-order valence-corrected chi connectivity index (χ0v) is 22.6. The molecule has 39 heavy (non-hydrogen) atoms. The summed E-state index contributed by atoms with van der Waals surface area (Å²) in [5.41, 5.74) is 0.0447. The van der Waals surface area contributed by atoms with Crippen molar-refractivity contribution in [3.05, 3.63) is 42.1 Å². The van der Waals surface area contributed by atoms with Crippen LogP contribution in [0.3, 0.4) is 0 Å². The summed E-state index contributed by atoms with van der Waals surface area (Å²) in [6, 6.07) is 7.90.